The minimum Gasteiger partial charge on any atom is -0.492 e. The van der Waals surface area contributed by atoms with Gasteiger partial charge in [0.1, 0.15) is 18.0 Å². The minimum atomic E-state index is -3.76. The fourth-order valence-corrected chi connectivity index (χ4v) is 1.85. The van der Waals surface area contributed by atoms with Gasteiger partial charge in [0.15, 0.2) is 0 Å². The van der Waals surface area contributed by atoms with Gasteiger partial charge in [0.2, 0.25) is 0 Å². The van der Waals surface area contributed by atoms with Crippen LogP contribution in [0.4, 0.5) is 13.6 Å². The van der Waals surface area contributed by atoms with Crippen molar-refractivity contribution in [2.24, 2.45) is 0 Å². The molecule has 1 rings (SSSR count). The molecule has 0 saturated carbocycles. The van der Waals surface area contributed by atoms with E-state index in [4.69, 9.17) is 9.47 Å². The van der Waals surface area contributed by atoms with Gasteiger partial charge in [-0.15, -0.1) is 0 Å². The summed E-state index contributed by atoms with van der Waals surface area (Å²) in [4.78, 5) is 24.5. The lowest BCUT2D eigenvalue weighted by atomic mass is 10.1. The molecule has 0 aromatic heterocycles. The van der Waals surface area contributed by atoms with Gasteiger partial charge in [-0.05, 0) is 39.8 Å². The maximum absolute atomic E-state index is 14.0. The van der Waals surface area contributed by atoms with Crippen LogP contribution in [-0.4, -0.2) is 49.4 Å². The van der Waals surface area contributed by atoms with Crippen molar-refractivity contribution < 1.29 is 32.6 Å². The predicted octanol–water partition coefficient (Wildman–Crippen LogP) is 3.59. The first-order chi connectivity index (χ1) is 12.0. The molecule has 6 nitrogen and oxygen atoms in total. The van der Waals surface area contributed by atoms with Crippen LogP contribution in [0.1, 0.15) is 33.3 Å². The zero-order chi connectivity index (χ0) is 20.0. The first-order valence-corrected chi connectivity index (χ1v) is 8.20. The third-order valence-electron chi connectivity index (χ3n) is 3.13. The summed E-state index contributed by atoms with van der Waals surface area (Å²) < 4.78 is 43.0. The maximum Gasteiger partial charge on any atom is 0.410 e. The van der Waals surface area contributed by atoms with Crippen molar-refractivity contribution >= 4 is 12.1 Å². The number of halogens is 2. The maximum atomic E-state index is 14.0. The third kappa shape index (κ3) is 6.50. The molecule has 0 aliphatic carbocycles. The van der Waals surface area contributed by atoms with Gasteiger partial charge in [0, 0.05) is 12.6 Å². The molecule has 0 heterocycles. The smallest absolute Gasteiger partial charge is 0.410 e. The Morgan fingerprint density at radius 1 is 1.19 bits per heavy atom. The van der Waals surface area contributed by atoms with Crippen LogP contribution in [0.25, 0.3) is 0 Å². The van der Waals surface area contributed by atoms with Crippen LogP contribution in [-0.2, 0) is 20.2 Å². The van der Waals surface area contributed by atoms with Crippen molar-refractivity contribution in [3.63, 3.8) is 0 Å². The van der Waals surface area contributed by atoms with E-state index in [9.17, 15) is 18.4 Å². The molecule has 0 saturated heterocycles. The summed E-state index contributed by atoms with van der Waals surface area (Å²) in [6.07, 6.45) is -0.510. The van der Waals surface area contributed by atoms with E-state index >= 15 is 0 Å². The number of ether oxygens (including phenoxy) is 3. The standard InChI is InChI=1S/C18H25F2NO5/c1-6-24-15(22)18(19,20)13-8-7-9-14(12-13)25-11-10-21(5)16(23)26-17(2,3)4/h7-9,12H,6,10-11H2,1-5H3. The normalized spacial score (nSPS) is 11.7. The fraction of sp³-hybridized carbons (Fsp3) is 0.556. The van der Waals surface area contributed by atoms with E-state index < -0.39 is 29.1 Å². The molecule has 1 amide bonds. The number of amides is 1. The van der Waals surface area contributed by atoms with Crippen molar-refractivity contribution in [1.29, 1.82) is 0 Å². The van der Waals surface area contributed by atoms with Gasteiger partial charge in [-0.2, -0.15) is 8.78 Å². The predicted molar refractivity (Wildman–Crippen MR) is 91.3 cm³/mol. The minimum absolute atomic E-state index is 0.0736. The number of carbonyl (C=O) groups excluding carboxylic acids is 2. The zero-order valence-electron chi connectivity index (χ0n) is 15.7. The van der Waals surface area contributed by atoms with Gasteiger partial charge in [0.25, 0.3) is 0 Å². The Bertz CT molecular complexity index is 628. The van der Waals surface area contributed by atoms with Gasteiger partial charge < -0.3 is 19.1 Å². The summed E-state index contributed by atoms with van der Waals surface area (Å²) in [5.41, 5.74) is -1.13. The number of hydrogen-bond donors (Lipinski definition) is 0. The largest absolute Gasteiger partial charge is 0.492 e. The quantitative estimate of drug-likeness (QED) is 0.684. The Morgan fingerprint density at radius 2 is 1.85 bits per heavy atom. The summed E-state index contributed by atoms with van der Waals surface area (Å²) in [7, 11) is 1.54. The lowest BCUT2D eigenvalue weighted by Crippen LogP contribution is -2.36. The highest BCUT2D eigenvalue weighted by Gasteiger charge is 2.42. The summed E-state index contributed by atoms with van der Waals surface area (Å²) in [5, 5.41) is 0. The van der Waals surface area contributed by atoms with E-state index in [-0.39, 0.29) is 25.5 Å². The first-order valence-electron chi connectivity index (χ1n) is 8.20. The Hall–Kier alpha value is -2.38. The number of hydrogen-bond acceptors (Lipinski definition) is 5. The molecule has 0 aliphatic heterocycles. The van der Waals surface area contributed by atoms with Gasteiger partial charge in [0.05, 0.1) is 13.2 Å². The average Bonchev–Trinajstić information content (AvgIpc) is 2.53. The lowest BCUT2D eigenvalue weighted by molar-refractivity contribution is -0.173. The Kier molecular flexibility index (Phi) is 7.35. The van der Waals surface area contributed by atoms with Gasteiger partial charge in [-0.1, -0.05) is 12.1 Å². The van der Waals surface area contributed by atoms with E-state index in [1.165, 1.54) is 24.0 Å². The molecule has 1 aromatic rings. The number of esters is 1. The van der Waals surface area contributed by atoms with Crippen LogP contribution >= 0.6 is 0 Å². The van der Waals surface area contributed by atoms with Crippen LogP contribution in [0, 0.1) is 0 Å². The number of carbonyl (C=O) groups is 2. The number of alkyl halides is 2. The lowest BCUT2D eigenvalue weighted by Gasteiger charge is -2.24. The summed E-state index contributed by atoms with van der Waals surface area (Å²) in [6.45, 7) is 6.85. The molecule has 0 N–H and O–H groups in total. The van der Waals surface area contributed by atoms with E-state index in [2.05, 4.69) is 4.74 Å². The molecule has 0 fully saturated rings. The topological polar surface area (TPSA) is 65.1 Å². The second-order valence-electron chi connectivity index (χ2n) is 6.57. The SMILES string of the molecule is CCOC(=O)C(F)(F)c1cccc(OCCN(C)C(=O)OC(C)(C)C)c1. The zero-order valence-corrected chi connectivity index (χ0v) is 15.7. The molecule has 146 valence electrons. The number of likely N-dealkylation sites (N-methyl/N-ethyl adjacent to an activating group) is 1. The van der Waals surface area contributed by atoms with E-state index in [0.717, 1.165) is 12.1 Å². The monoisotopic (exact) mass is 373 g/mol. The van der Waals surface area contributed by atoms with Gasteiger partial charge in [-0.25, -0.2) is 9.59 Å². The molecule has 0 unspecified atom stereocenters. The molecular weight excluding hydrogens is 348 g/mol. The summed E-state index contributed by atoms with van der Waals surface area (Å²) >= 11 is 0. The third-order valence-corrected chi connectivity index (χ3v) is 3.13. The van der Waals surface area contributed by atoms with Crippen LogP contribution in [0.2, 0.25) is 0 Å². The van der Waals surface area contributed by atoms with E-state index in [1.54, 1.807) is 27.8 Å². The van der Waals surface area contributed by atoms with Crippen molar-refractivity contribution in [3.8, 4) is 5.75 Å². The molecule has 0 spiro atoms. The van der Waals surface area contributed by atoms with Crippen molar-refractivity contribution in [2.75, 3.05) is 26.8 Å². The Labute approximate surface area is 152 Å². The van der Waals surface area contributed by atoms with Crippen molar-refractivity contribution in [3.05, 3.63) is 29.8 Å². The molecule has 0 atom stereocenters. The second-order valence-corrected chi connectivity index (χ2v) is 6.57. The highest BCUT2D eigenvalue weighted by Crippen LogP contribution is 2.31. The van der Waals surface area contributed by atoms with Crippen LogP contribution < -0.4 is 4.74 Å². The Balaban J connectivity index is 2.64. The molecule has 0 bridgehead atoms. The molecule has 0 radical (unpaired) electrons. The number of rotatable bonds is 7. The van der Waals surface area contributed by atoms with Gasteiger partial charge >= 0.3 is 18.0 Å². The first kappa shape index (κ1) is 21.7. The highest BCUT2D eigenvalue weighted by atomic mass is 19.3. The van der Waals surface area contributed by atoms with Crippen LogP contribution in [0.5, 0.6) is 5.75 Å². The van der Waals surface area contributed by atoms with E-state index in [0.29, 0.717) is 0 Å². The molecule has 1 aromatic carbocycles. The van der Waals surface area contributed by atoms with Crippen LogP contribution in [0.15, 0.2) is 24.3 Å². The van der Waals surface area contributed by atoms with Crippen LogP contribution in [0.3, 0.4) is 0 Å². The summed E-state index contributed by atoms with van der Waals surface area (Å²) in [6, 6.07) is 5.04. The van der Waals surface area contributed by atoms with Gasteiger partial charge in [-0.3, -0.25) is 0 Å². The van der Waals surface area contributed by atoms with Crippen molar-refractivity contribution in [2.45, 2.75) is 39.2 Å². The average molecular weight is 373 g/mol. The molecule has 26 heavy (non-hydrogen) atoms. The molecule has 8 heteroatoms. The second kappa shape index (κ2) is 8.82. The number of nitrogens with zero attached hydrogens (tertiary/aromatic N) is 1. The fourth-order valence-electron chi connectivity index (χ4n) is 1.85. The Morgan fingerprint density at radius 3 is 2.42 bits per heavy atom. The highest BCUT2D eigenvalue weighted by molar-refractivity contribution is 5.79. The van der Waals surface area contributed by atoms with E-state index in [1.807, 2.05) is 0 Å². The summed E-state index contributed by atoms with van der Waals surface area (Å²) in [5.74, 6) is -5.21. The molecule has 0 aliphatic rings. The molecular formula is C18H25F2NO5. The van der Waals surface area contributed by atoms with Crippen molar-refractivity contribution in [1.82, 2.24) is 4.90 Å². The number of benzene rings is 1.